The zero-order valence-corrected chi connectivity index (χ0v) is 30.0. The number of nitrogens with zero attached hydrogens (tertiary/aromatic N) is 3. The molecule has 6 atom stereocenters. The summed E-state index contributed by atoms with van der Waals surface area (Å²) < 4.78 is 25.6. The minimum atomic E-state index is -3.85. The van der Waals surface area contributed by atoms with Crippen molar-refractivity contribution in [3.8, 4) is 0 Å². The molecule has 2 aromatic rings. The molecule has 0 radical (unpaired) electrons. The third-order valence-electron chi connectivity index (χ3n) is 9.90. The van der Waals surface area contributed by atoms with E-state index in [2.05, 4.69) is 25.9 Å². The van der Waals surface area contributed by atoms with E-state index < -0.39 is 56.2 Å². The standard InChI is InChI=1S/C35H54N6O6S/c1-34(2,3)39-32(44)28-20-25-15-10-11-16-26(25)21-40(28)22-29(42)27(19-24-13-8-7-9-14-24)37-33(45)31(35(4,5)48(6,46)47)38-30(43)23-41-18-12-17-36-41/h7-9,12-14,17-18,25-29,31,42H,10-11,15-16,19-23H2,1-6H3,(H,37,45)(H,38,43)(H,39,44)/t25-,26+,27-,28-,29+,31+/m0/s1. The minimum absolute atomic E-state index is 0.0720. The highest BCUT2D eigenvalue weighted by Gasteiger charge is 2.46. The predicted octanol–water partition coefficient (Wildman–Crippen LogP) is 2.07. The fourth-order valence-electron chi connectivity index (χ4n) is 6.93. The number of rotatable bonds is 13. The first kappa shape index (κ1) is 37.5. The number of hydrogen-bond acceptors (Lipinski definition) is 8. The molecule has 2 aliphatic rings. The molecule has 48 heavy (non-hydrogen) atoms. The Balaban J connectivity index is 1.60. The summed E-state index contributed by atoms with van der Waals surface area (Å²) in [6.07, 6.45) is 8.46. The highest BCUT2D eigenvalue weighted by Crippen LogP contribution is 2.39. The van der Waals surface area contributed by atoms with Crippen molar-refractivity contribution in [1.82, 2.24) is 30.6 Å². The third kappa shape index (κ3) is 9.88. The van der Waals surface area contributed by atoms with Gasteiger partial charge in [-0.05, 0) is 77.3 Å². The van der Waals surface area contributed by atoms with Crippen molar-refractivity contribution in [2.45, 2.75) is 114 Å². The molecule has 2 heterocycles. The van der Waals surface area contributed by atoms with Gasteiger partial charge in [0.15, 0.2) is 9.84 Å². The number of amides is 3. The summed E-state index contributed by atoms with van der Waals surface area (Å²) in [5.41, 5.74) is 0.439. The number of sulfone groups is 1. The molecule has 4 rings (SSSR count). The number of benzene rings is 1. The van der Waals surface area contributed by atoms with Gasteiger partial charge in [-0.1, -0.05) is 49.6 Å². The first-order valence-corrected chi connectivity index (χ1v) is 18.9. The van der Waals surface area contributed by atoms with Gasteiger partial charge in [-0.3, -0.25) is 24.0 Å². The second-order valence-electron chi connectivity index (χ2n) is 15.2. The third-order valence-corrected chi connectivity index (χ3v) is 12.0. The number of hydrogen-bond donors (Lipinski definition) is 4. The average Bonchev–Trinajstić information content (AvgIpc) is 3.51. The Bertz CT molecular complexity index is 1490. The quantitative estimate of drug-likeness (QED) is 0.249. The molecule has 1 aromatic heterocycles. The zero-order chi connectivity index (χ0) is 35.3. The van der Waals surface area contributed by atoms with Crippen LogP contribution in [0, 0.1) is 11.8 Å². The SMILES string of the molecule is CC(C)(C)NC(=O)[C@@H]1C[C@@H]2CCCC[C@@H]2CN1C[C@@H](O)[C@H](Cc1ccccc1)NC(=O)[C@@H](NC(=O)Cn1cccn1)C(C)(C)S(C)(=O)=O. The van der Waals surface area contributed by atoms with Crippen LogP contribution in [0.5, 0.6) is 0 Å². The molecule has 12 nitrogen and oxygen atoms in total. The van der Waals surface area contributed by atoms with Crippen LogP contribution in [-0.2, 0) is 37.2 Å². The summed E-state index contributed by atoms with van der Waals surface area (Å²) in [6.45, 7) is 9.24. The van der Waals surface area contributed by atoms with E-state index in [0.717, 1.165) is 37.5 Å². The summed E-state index contributed by atoms with van der Waals surface area (Å²) in [4.78, 5) is 42.8. The van der Waals surface area contributed by atoms with Crippen LogP contribution in [0.3, 0.4) is 0 Å². The molecule has 2 fully saturated rings. The molecule has 3 amide bonds. The van der Waals surface area contributed by atoms with Crippen LogP contribution in [0.15, 0.2) is 48.8 Å². The van der Waals surface area contributed by atoms with E-state index in [1.807, 2.05) is 51.1 Å². The highest BCUT2D eigenvalue weighted by atomic mass is 32.2. The Hall–Kier alpha value is -3.29. The molecule has 13 heteroatoms. The van der Waals surface area contributed by atoms with Crippen LogP contribution in [0.4, 0.5) is 0 Å². The van der Waals surface area contributed by atoms with Crippen LogP contribution in [0.2, 0.25) is 0 Å². The largest absolute Gasteiger partial charge is 0.390 e. The van der Waals surface area contributed by atoms with Gasteiger partial charge in [-0.15, -0.1) is 0 Å². The topological polar surface area (TPSA) is 163 Å². The number of aliphatic hydroxyl groups excluding tert-OH is 1. The van der Waals surface area contributed by atoms with Gasteiger partial charge in [-0.25, -0.2) is 8.42 Å². The molecule has 1 saturated carbocycles. The molecule has 1 aromatic carbocycles. The van der Waals surface area contributed by atoms with E-state index in [4.69, 9.17) is 0 Å². The molecular formula is C35H54N6O6S. The maximum atomic E-state index is 14.1. The summed E-state index contributed by atoms with van der Waals surface area (Å²) in [7, 11) is -3.85. The first-order chi connectivity index (χ1) is 22.4. The summed E-state index contributed by atoms with van der Waals surface area (Å²) >= 11 is 0. The van der Waals surface area contributed by atoms with Crippen molar-refractivity contribution >= 4 is 27.6 Å². The maximum Gasteiger partial charge on any atom is 0.244 e. The lowest BCUT2D eigenvalue weighted by molar-refractivity contribution is -0.133. The fourth-order valence-corrected chi connectivity index (χ4v) is 7.52. The van der Waals surface area contributed by atoms with Crippen molar-refractivity contribution in [2.24, 2.45) is 11.8 Å². The number of piperidine rings is 1. The van der Waals surface area contributed by atoms with E-state index in [-0.39, 0.29) is 25.4 Å². The van der Waals surface area contributed by atoms with E-state index in [1.54, 1.807) is 12.3 Å². The lowest BCUT2D eigenvalue weighted by atomic mass is 9.72. The summed E-state index contributed by atoms with van der Waals surface area (Å²) in [6, 6.07) is 8.30. The van der Waals surface area contributed by atoms with Crippen molar-refractivity contribution in [3.05, 3.63) is 54.4 Å². The van der Waals surface area contributed by atoms with E-state index in [9.17, 15) is 27.9 Å². The van der Waals surface area contributed by atoms with Crippen molar-refractivity contribution in [1.29, 1.82) is 0 Å². The van der Waals surface area contributed by atoms with Crippen LogP contribution in [0.1, 0.15) is 72.3 Å². The van der Waals surface area contributed by atoms with Crippen LogP contribution >= 0.6 is 0 Å². The van der Waals surface area contributed by atoms with Gasteiger partial charge in [0.05, 0.1) is 22.9 Å². The second kappa shape index (κ2) is 15.5. The maximum absolute atomic E-state index is 14.1. The monoisotopic (exact) mass is 686 g/mol. The molecule has 4 N–H and O–H groups in total. The Labute approximate surface area is 285 Å². The zero-order valence-electron chi connectivity index (χ0n) is 29.2. The number of β-amino-alcohol motifs (C(OH)–C–C–N with tert-alkyl or cyclic N) is 1. The molecule has 0 bridgehead atoms. The van der Waals surface area contributed by atoms with Crippen LogP contribution in [-0.4, -0.2) is 99.8 Å². The molecule has 1 aliphatic carbocycles. The molecular weight excluding hydrogens is 632 g/mol. The number of carbonyl (C=O) groups is 3. The number of nitrogens with one attached hydrogen (secondary N) is 3. The lowest BCUT2D eigenvalue weighted by Gasteiger charge is -2.47. The molecule has 266 valence electrons. The van der Waals surface area contributed by atoms with Crippen molar-refractivity contribution < 1.29 is 27.9 Å². The first-order valence-electron chi connectivity index (χ1n) is 17.0. The fraction of sp³-hybridized carbons (Fsp3) is 0.657. The van der Waals surface area contributed by atoms with E-state index in [0.29, 0.717) is 24.8 Å². The van der Waals surface area contributed by atoms with Gasteiger partial charge >= 0.3 is 0 Å². The van der Waals surface area contributed by atoms with Crippen molar-refractivity contribution in [3.63, 3.8) is 0 Å². The number of aromatic nitrogens is 2. The van der Waals surface area contributed by atoms with E-state index >= 15 is 0 Å². The molecule has 1 saturated heterocycles. The van der Waals surface area contributed by atoms with Gasteiger partial charge in [0.25, 0.3) is 0 Å². The van der Waals surface area contributed by atoms with Crippen LogP contribution in [0.25, 0.3) is 0 Å². The number of carbonyl (C=O) groups excluding carboxylic acids is 3. The number of aliphatic hydroxyl groups is 1. The Morgan fingerprint density at radius 1 is 1.00 bits per heavy atom. The van der Waals surface area contributed by atoms with Gasteiger partial charge < -0.3 is 21.1 Å². The van der Waals surface area contributed by atoms with Gasteiger partial charge in [-0.2, -0.15) is 5.10 Å². The molecule has 0 unspecified atom stereocenters. The molecule has 0 spiro atoms. The van der Waals surface area contributed by atoms with Gasteiger partial charge in [0, 0.05) is 37.3 Å². The Kier molecular flexibility index (Phi) is 12.1. The molecule has 1 aliphatic heterocycles. The number of likely N-dealkylation sites (tertiary alicyclic amines) is 1. The number of fused-ring (bicyclic) bond motifs is 1. The smallest absolute Gasteiger partial charge is 0.244 e. The predicted molar refractivity (Wildman–Crippen MR) is 184 cm³/mol. The summed E-state index contributed by atoms with van der Waals surface area (Å²) in [5, 5.41) is 24.6. The van der Waals surface area contributed by atoms with Crippen LogP contribution < -0.4 is 16.0 Å². The van der Waals surface area contributed by atoms with Crippen molar-refractivity contribution in [2.75, 3.05) is 19.3 Å². The van der Waals surface area contributed by atoms with E-state index in [1.165, 1.54) is 24.7 Å². The highest BCUT2D eigenvalue weighted by molar-refractivity contribution is 7.92. The normalized spacial score (nSPS) is 22.5. The Morgan fingerprint density at radius 3 is 2.27 bits per heavy atom. The Morgan fingerprint density at radius 2 is 1.67 bits per heavy atom. The van der Waals surface area contributed by atoms with Gasteiger partial charge in [0.1, 0.15) is 12.6 Å². The second-order valence-corrected chi connectivity index (χ2v) is 17.8. The summed E-state index contributed by atoms with van der Waals surface area (Å²) in [5.74, 6) is -0.507. The van der Waals surface area contributed by atoms with Gasteiger partial charge in [0.2, 0.25) is 17.7 Å². The minimum Gasteiger partial charge on any atom is -0.390 e. The lowest BCUT2D eigenvalue weighted by Crippen LogP contribution is -2.64. The average molecular weight is 687 g/mol.